The highest BCUT2D eigenvalue weighted by atomic mass is 79.9. The molecule has 0 amide bonds. The van der Waals surface area contributed by atoms with Gasteiger partial charge in [-0.15, -0.1) is 0 Å². The molecule has 27 heavy (non-hydrogen) atoms. The van der Waals surface area contributed by atoms with Gasteiger partial charge in [-0.3, -0.25) is 9.79 Å². The van der Waals surface area contributed by atoms with Crippen molar-refractivity contribution in [2.75, 3.05) is 7.05 Å². The first kappa shape index (κ1) is 26.1. The highest BCUT2D eigenvalue weighted by Crippen LogP contribution is 2.33. The van der Waals surface area contributed by atoms with E-state index in [0.29, 0.717) is 16.5 Å². The molecule has 152 valence electrons. The van der Waals surface area contributed by atoms with Crippen LogP contribution in [0.3, 0.4) is 0 Å². The number of nitrogens with zero attached hydrogens (tertiary/aromatic N) is 1. The van der Waals surface area contributed by atoms with Gasteiger partial charge in [-0.2, -0.15) is 0 Å². The normalized spacial score (nSPS) is 14.7. The minimum Gasteiger partial charge on any atom is -0.295 e. The second kappa shape index (κ2) is 15.0. The molecule has 0 radical (unpaired) electrons. The van der Waals surface area contributed by atoms with E-state index in [1.54, 1.807) is 26.3 Å². The molecule has 1 aromatic carbocycles. The zero-order valence-corrected chi connectivity index (χ0v) is 20.0. The number of carbonyl (C=O) groups excluding carboxylic acids is 1. The lowest BCUT2D eigenvalue weighted by Crippen LogP contribution is -1.98. The Morgan fingerprint density at radius 1 is 1.37 bits per heavy atom. The lowest BCUT2D eigenvalue weighted by molar-refractivity contribution is 0.101. The summed E-state index contributed by atoms with van der Waals surface area (Å²) in [5.74, 6) is 1.65. The third-order valence-corrected chi connectivity index (χ3v) is 5.47. The number of ketones is 1. The van der Waals surface area contributed by atoms with E-state index in [2.05, 4.69) is 41.7 Å². The van der Waals surface area contributed by atoms with Crippen molar-refractivity contribution in [3.05, 3.63) is 44.9 Å². The summed E-state index contributed by atoms with van der Waals surface area (Å²) in [5, 5.41) is 0.546. The van der Waals surface area contributed by atoms with Gasteiger partial charge in [0.1, 0.15) is 0 Å². The Kier molecular flexibility index (Phi) is 14.5. The molecule has 0 bridgehead atoms. The molecule has 2 nitrogen and oxygen atoms in total. The molecule has 1 aliphatic carbocycles. The van der Waals surface area contributed by atoms with E-state index in [1.807, 2.05) is 25.1 Å². The molecule has 1 aliphatic rings. The summed E-state index contributed by atoms with van der Waals surface area (Å²) in [6, 6.07) is 5.70. The Hall–Kier alpha value is -0.930. The SMILES string of the molecule is C/C=C(/Br)C=NC.CCC(C)c1ccc(Cl)c(C(C)=O)c1.CCCC1CC1. The first-order chi connectivity index (χ1) is 12.8. The van der Waals surface area contributed by atoms with Crippen LogP contribution in [0.5, 0.6) is 0 Å². The maximum absolute atomic E-state index is 11.2. The molecule has 4 heteroatoms. The van der Waals surface area contributed by atoms with Gasteiger partial charge in [0, 0.05) is 23.3 Å². The molecule has 0 saturated heterocycles. The molecule has 0 heterocycles. The van der Waals surface area contributed by atoms with Crippen LogP contribution in [0, 0.1) is 5.92 Å². The quantitative estimate of drug-likeness (QED) is 0.313. The van der Waals surface area contributed by atoms with Crippen LogP contribution >= 0.6 is 27.5 Å². The third-order valence-electron chi connectivity index (χ3n) is 4.47. The van der Waals surface area contributed by atoms with Gasteiger partial charge in [0.05, 0.1) is 5.02 Å². The second-order valence-electron chi connectivity index (χ2n) is 6.90. The number of Topliss-reactive ketones (excluding diaryl/α,β-unsaturated/α-hetero) is 1. The molecule has 1 fully saturated rings. The van der Waals surface area contributed by atoms with Crippen LogP contribution in [0.1, 0.15) is 88.6 Å². The van der Waals surface area contributed by atoms with Crippen molar-refractivity contribution >= 4 is 39.5 Å². The van der Waals surface area contributed by atoms with Gasteiger partial charge in [0.15, 0.2) is 5.78 Å². The molecule has 0 spiro atoms. The van der Waals surface area contributed by atoms with Crippen LogP contribution in [0.15, 0.2) is 33.7 Å². The van der Waals surface area contributed by atoms with Gasteiger partial charge in [-0.25, -0.2) is 0 Å². The molecular formula is C23H35BrClNO. The van der Waals surface area contributed by atoms with Gasteiger partial charge in [0.2, 0.25) is 0 Å². The van der Waals surface area contributed by atoms with Crippen LogP contribution in [0.2, 0.25) is 5.02 Å². The number of halogens is 2. The molecule has 0 N–H and O–H groups in total. The zero-order chi connectivity index (χ0) is 20.8. The minimum atomic E-state index is 0.0279. The van der Waals surface area contributed by atoms with E-state index >= 15 is 0 Å². The summed E-state index contributed by atoms with van der Waals surface area (Å²) in [4.78, 5) is 15.0. The third kappa shape index (κ3) is 12.2. The van der Waals surface area contributed by atoms with Crippen molar-refractivity contribution in [3.8, 4) is 0 Å². The first-order valence-corrected chi connectivity index (χ1v) is 11.0. The van der Waals surface area contributed by atoms with Crippen LogP contribution in [0.25, 0.3) is 0 Å². The Morgan fingerprint density at radius 3 is 2.33 bits per heavy atom. The predicted molar refractivity (Wildman–Crippen MR) is 125 cm³/mol. The lowest BCUT2D eigenvalue weighted by Gasteiger charge is -2.10. The Labute approximate surface area is 179 Å². The van der Waals surface area contributed by atoms with Gasteiger partial charge in [-0.1, -0.05) is 70.2 Å². The standard InChI is InChI=1S/C12H15ClO.C6H12.C5H8BrN/c1-4-8(2)10-5-6-12(13)11(7-10)9(3)14;1-2-3-6-4-5-6;1-3-5(6)4-7-2/h5-8H,4H2,1-3H3;6H,2-5H2,1H3;3-4H,1-2H3/b;;5-3+,7-4?. The van der Waals surface area contributed by atoms with E-state index < -0.39 is 0 Å². The largest absolute Gasteiger partial charge is 0.295 e. The number of aliphatic imine (C=N–C) groups is 1. The fraction of sp³-hybridized carbons (Fsp3) is 0.565. The summed E-state index contributed by atoms with van der Waals surface area (Å²) in [6.07, 6.45) is 10.7. The van der Waals surface area contributed by atoms with Crippen molar-refractivity contribution in [1.82, 2.24) is 0 Å². The van der Waals surface area contributed by atoms with Crippen molar-refractivity contribution in [1.29, 1.82) is 0 Å². The number of benzene rings is 1. The molecule has 1 unspecified atom stereocenters. The molecular weight excluding hydrogens is 422 g/mol. The number of carbonyl (C=O) groups is 1. The predicted octanol–water partition coefficient (Wildman–Crippen LogP) is 8.24. The van der Waals surface area contributed by atoms with Gasteiger partial charge in [-0.05, 0) is 65.7 Å². The van der Waals surface area contributed by atoms with E-state index in [4.69, 9.17) is 11.6 Å². The fourth-order valence-electron chi connectivity index (χ4n) is 2.37. The summed E-state index contributed by atoms with van der Waals surface area (Å²) >= 11 is 9.17. The maximum atomic E-state index is 11.2. The number of allylic oxidation sites excluding steroid dienone is 2. The molecule has 1 aromatic rings. The van der Waals surface area contributed by atoms with Crippen LogP contribution < -0.4 is 0 Å². The Bertz CT molecular complexity index is 621. The summed E-state index contributed by atoms with van der Waals surface area (Å²) in [5.41, 5.74) is 1.81. The maximum Gasteiger partial charge on any atom is 0.161 e. The van der Waals surface area contributed by atoms with Crippen molar-refractivity contribution in [3.63, 3.8) is 0 Å². The van der Waals surface area contributed by atoms with Crippen molar-refractivity contribution in [2.45, 2.75) is 72.6 Å². The minimum absolute atomic E-state index is 0.0279. The summed E-state index contributed by atoms with van der Waals surface area (Å²) in [6.45, 7) is 10.0. The van der Waals surface area contributed by atoms with Gasteiger partial charge in [0.25, 0.3) is 0 Å². The van der Waals surface area contributed by atoms with Crippen LogP contribution in [-0.4, -0.2) is 19.0 Å². The first-order valence-electron chi connectivity index (χ1n) is 9.84. The monoisotopic (exact) mass is 455 g/mol. The van der Waals surface area contributed by atoms with Crippen molar-refractivity contribution in [2.24, 2.45) is 10.9 Å². The average molecular weight is 457 g/mol. The molecule has 0 aliphatic heterocycles. The fourth-order valence-corrected chi connectivity index (χ4v) is 2.82. The molecule has 2 rings (SSSR count). The van der Waals surface area contributed by atoms with Crippen LogP contribution in [0.4, 0.5) is 0 Å². The second-order valence-corrected chi connectivity index (χ2v) is 8.22. The van der Waals surface area contributed by atoms with Crippen molar-refractivity contribution < 1.29 is 4.79 Å². The van der Waals surface area contributed by atoms with Gasteiger partial charge < -0.3 is 0 Å². The van der Waals surface area contributed by atoms with Gasteiger partial charge >= 0.3 is 0 Å². The molecule has 1 saturated carbocycles. The Balaban J connectivity index is 0.000000432. The van der Waals surface area contributed by atoms with Crippen LogP contribution in [-0.2, 0) is 0 Å². The average Bonchev–Trinajstić information content (AvgIpc) is 3.47. The van der Waals surface area contributed by atoms with E-state index in [0.717, 1.165) is 16.8 Å². The highest BCUT2D eigenvalue weighted by Gasteiger charge is 2.18. The number of hydrogen-bond acceptors (Lipinski definition) is 2. The summed E-state index contributed by atoms with van der Waals surface area (Å²) in [7, 11) is 1.74. The lowest BCUT2D eigenvalue weighted by atomic mass is 9.96. The number of hydrogen-bond donors (Lipinski definition) is 0. The zero-order valence-electron chi connectivity index (χ0n) is 17.7. The summed E-state index contributed by atoms with van der Waals surface area (Å²) < 4.78 is 1.02. The highest BCUT2D eigenvalue weighted by molar-refractivity contribution is 9.12. The molecule has 1 atom stereocenters. The van der Waals surface area contributed by atoms with E-state index in [9.17, 15) is 4.79 Å². The Morgan fingerprint density at radius 2 is 2.00 bits per heavy atom. The van der Waals surface area contributed by atoms with E-state index in [1.165, 1.54) is 31.2 Å². The molecule has 0 aromatic heterocycles. The topological polar surface area (TPSA) is 29.4 Å². The smallest absolute Gasteiger partial charge is 0.161 e. The number of rotatable bonds is 6. The van der Waals surface area contributed by atoms with E-state index in [-0.39, 0.29) is 5.78 Å².